The highest BCUT2D eigenvalue weighted by Crippen LogP contribution is 2.47. The van der Waals surface area contributed by atoms with E-state index in [1.165, 1.54) is 19.3 Å². The van der Waals surface area contributed by atoms with Gasteiger partial charge >= 0.3 is 0 Å². The van der Waals surface area contributed by atoms with E-state index in [0.29, 0.717) is 18.4 Å². The minimum atomic E-state index is -0.0658. The SMILES string of the molecule is CC1CCC(C)(C)CC(C)(C)C(C(=O)N2CCC3OCC(=O)NC3C2)CC(C)C1. The molecule has 5 unspecified atom stereocenters. The summed E-state index contributed by atoms with van der Waals surface area (Å²) in [5.41, 5.74) is 0.202. The van der Waals surface area contributed by atoms with Gasteiger partial charge in [-0.05, 0) is 54.8 Å². The minimum Gasteiger partial charge on any atom is -0.366 e. The van der Waals surface area contributed by atoms with Crippen LogP contribution < -0.4 is 5.32 Å². The fourth-order valence-electron chi connectivity index (χ4n) is 6.26. The van der Waals surface area contributed by atoms with Crippen LogP contribution in [-0.4, -0.2) is 48.6 Å². The molecule has 2 amide bonds. The Morgan fingerprint density at radius 3 is 2.55 bits per heavy atom. The third-order valence-corrected chi connectivity index (χ3v) is 7.57. The van der Waals surface area contributed by atoms with Crippen LogP contribution in [0.15, 0.2) is 0 Å². The largest absolute Gasteiger partial charge is 0.366 e. The smallest absolute Gasteiger partial charge is 0.246 e. The predicted octanol–water partition coefficient (Wildman–Crippen LogP) is 4.01. The summed E-state index contributed by atoms with van der Waals surface area (Å²) < 4.78 is 5.68. The van der Waals surface area contributed by atoms with Crippen molar-refractivity contribution in [2.45, 2.75) is 92.2 Å². The van der Waals surface area contributed by atoms with Crippen LogP contribution in [-0.2, 0) is 14.3 Å². The van der Waals surface area contributed by atoms with E-state index in [9.17, 15) is 9.59 Å². The molecule has 5 heteroatoms. The number of morpholine rings is 1. The molecule has 29 heavy (non-hydrogen) atoms. The van der Waals surface area contributed by atoms with Crippen molar-refractivity contribution >= 4 is 11.8 Å². The van der Waals surface area contributed by atoms with E-state index in [1.807, 2.05) is 4.90 Å². The third kappa shape index (κ3) is 5.53. The summed E-state index contributed by atoms with van der Waals surface area (Å²) in [7, 11) is 0. The van der Waals surface area contributed by atoms with Gasteiger partial charge in [0.2, 0.25) is 11.8 Å². The number of fused-ring (bicyclic) bond motifs is 1. The Hall–Kier alpha value is -1.10. The van der Waals surface area contributed by atoms with Crippen LogP contribution in [0.3, 0.4) is 0 Å². The molecular weight excluding hydrogens is 364 g/mol. The molecule has 0 spiro atoms. The van der Waals surface area contributed by atoms with E-state index in [2.05, 4.69) is 46.9 Å². The fourth-order valence-corrected chi connectivity index (χ4v) is 6.26. The van der Waals surface area contributed by atoms with Crippen molar-refractivity contribution in [3.63, 3.8) is 0 Å². The lowest BCUT2D eigenvalue weighted by molar-refractivity contribution is -0.152. The lowest BCUT2D eigenvalue weighted by Crippen LogP contribution is -2.62. The number of hydrogen-bond donors (Lipinski definition) is 1. The van der Waals surface area contributed by atoms with Gasteiger partial charge in [-0.1, -0.05) is 48.0 Å². The monoisotopic (exact) mass is 406 g/mol. The number of amides is 2. The van der Waals surface area contributed by atoms with E-state index in [-0.39, 0.29) is 47.3 Å². The van der Waals surface area contributed by atoms with Crippen LogP contribution >= 0.6 is 0 Å². The number of nitrogens with one attached hydrogen (secondary N) is 1. The van der Waals surface area contributed by atoms with Crippen molar-refractivity contribution in [2.75, 3.05) is 19.7 Å². The van der Waals surface area contributed by atoms with Gasteiger partial charge in [0, 0.05) is 19.0 Å². The number of hydrogen-bond acceptors (Lipinski definition) is 3. The average molecular weight is 407 g/mol. The Morgan fingerprint density at radius 1 is 1.10 bits per heavy atom. The topological polar surface area (TPSA) is 58.6 Å². The minimum absolute atomic E-state index is 0.0267. The summed E-state index contributed by atoms with van der Waals surface area (Å²) in [5, 5.41) is 3.04. The fraction of sp³-hybridized carbons (Fsp3) is 0.917. The molecule has 0 bridgehead atoms. The quantitative estimate of drug-likeness (QED) is 0.716. The molecule has 1 N–H and O–H groups in total. The summed E-state index contributed by atoms with van der Waals surface area (Å²) in [6, 6.07) is -0.0644. The van der Waals surface area contributed by atoms with Gasteiger partial charge in [-0.15, -0.1) is 0 Å². The molecule has 166 valence electrons. The zero-order valence-electron chi connectivity index (χ0n) is 19.4. The Morgan fingerprint density at radius 2 is 1.83 bits per heavy atom. The molecule has 3 rings (SSSR count). The number of nitrogens with zero attached hydrogens (tertiary/aromatic N) is 1. The second-order valence-electron chi connectivity index (χ2n) is 11.7. The molecule has 5 atom stereocenters. The van der Waals surface area contributed by atoms with Gasteiger partial charge < -0.3 is 15.0 Å². The van der Waals surface area contributed by atoms with Crippen molar-refractivity contribution in [1.29, 1.82) is 0 Å². The number of likely N-dealkylation sites (tertiary alicyclic amines) is 1. The second-order valence-corrected chi connectivity index (χ2v) is 11.7. The molecule has 0 aromatic carbocycles. The van der Waals surface area contributed by atoms with Crippen molar-refractivity contribution < 1.29 is 14.3 Å². The highest BCUT2D eigenvalue weighted by Gasteiger charge is 2.44. The van der Waals surface area contributed by atoms with Gasteiger partial charge in [-0.2, -0.15) is 0 Å². The van der Waals surface area contributed by atoms with Gasteiger partial charge in [0.15, 0.2) is 0 Å². The van der Waals surface area contributed by atoms with E-state index in [1.54, 1.807) is 0 Å². The molecular formula is C24H42N2O3. The van der Waals surface area contributed by atoms with Crippen molar-refractivity contribution in [1.82, 2.24) is 10.2 Å². The molecule has 1 saturated carbocycles. The lowest BCUT2D eigenvalue weighted by atomic mass is 9.63. The standard InChI is InChI=1S/C24H42N2O3/c1-16-7-9-23(3,4)15-24(5,6)18(12-17(2)11-16)22(28)26-10-8-20-19(13-26)25-21(27)14-29-20/h16-20H,7-15H2,1-6H3,(H,25,27). The first kappa shape index (κ1) is 22.6. The highest BCUT2D eigenvalue weighted by atomic mass is 16.5. The molecule has 2 heterocycles. The van der Waals surface area contributed by atoms with Gasteiger partial charge in [0.1, 0.15) is 6.61 Å². The molecule has 3 aliphatic rings. The summed E-state index contributed by atoms with van der Waals surface area (Å²) in [5.74, 6) is 1.51. The van der Waals surface area contributed by atoms with Crippen molar-refractivity contribution in [3.05, 3.63) is 0 Å². The van der Waals surface area contributed by atoms with E-state index in [4.69, 9.17) is 4.74 Å². The average Bonchev–Trinajstić information content (AvgIpc) is 2.62. The normalized spacial score (nSPS) is 37.9. The predicted molar refractivity (Wildman–Crippen MR) is 115 cm³/mol. The number of rotatable bonds is 1. The lowest BCUT2D eigenvalue weighted by Gasteiger charge is -2.46. The zero-order chi connectivity index (χ0) is 21.4. The molecule has 0 aromatic rings. The van der Waals surface area contributed by atoms with E-state index < -0.39 is 0 Å². The first-order valence-electron chi connectivity index (χ1n) is 11.7. The van der Waals surface area contributed by atoms with Crippen LogP contribution in [0.2, 0.25) is 0 Å². The van der Waals surface area contributed by atoms with E-state index >= 15 is 0 Å². The highest BCUT2D eigenvalue weighted by molar-refractivity contribution is 5.81. The maximum Gasteiger partial charge on any atom is 0.246 e. The first-order valence-corrected chi connectivity index (χ1v) is 11.7. The molecule has 2 saturated heterocycles. The van der Waals surface area contributed by atoms with Gasteiger partial charge in [0.25, 0.3) is 0 Å². The second kappa shape index (κ2) is 8.56. The van der Waals surface area contributed by atoms with Crippen molar-refractivity contribution in [3.8, 4) is 0 Å². The van der Waals surface area contributed by atoms with Crippen LogP contribution in [0.25, 0.3) is 0 Å². The Bertz CT molecular complexity index is 615. The molecule has 5 nitrogen and oxygen atoms in total. The summed E-state index contributed by atoms with van der Waals surface area (Å²) in [6.07, 6.45) is 6.58. The molecule has 2 aliphatic heterocycles. The Kier molecular flexibility index (Phi) is 6.67. The summed E-state index contributed by atoms with van der Waals surface area (Å²) >= 11 is 0. The molecule has 1 aliphatic carbocycles. The number of piperidine rings is 1. The van der Waals surface area contributed by atoms with E-state index in [0.717, 1.165) is 25.8 Å². The Labute approximate surface area is 177 Å². The number of carbonyl (C=O) groups excluding carboxylic acids is 2. The van der Waals surface area contributed by atoms with Crippen LogP contribution in [0.4, 0.5) is 0 Å². The maximum absolute atomic E-state index is 13.8. The zero-order valence-corrected chi connectivity index (χ0v) is 19.4. The third-order valence-electron chi connectivity index (χ3n) is 7.57. The molecule has 0 aromatic heterocycles. The van der Waals surface area contributed by atoms with Gasteiger partial charge in [-0.3, -0.25) is 9.59 Å². The first-order chi connectivity index (χ1) is 13.5. The van der Waals surface area contributed by atoms with Gasteiger partial charge in [-0.25, -0.2) is 0 Å². The molecule has 3 fully saturated rings. The van der Waals surface area contributed by atoms with Crippen LogP contribution in [0.5, 0.6) is 0 Å². The maximum atomic E-state index is 13.8. The summed E-state index contributed by atoms with van der Waals surface area (Å²) in [6.45, 7) is 15.5. The number of ether oxygens (including phenoxy) is 1. The number of carbonyl (C=O) groups is 2. The summed E-state index contributed by atoms with van der Waals surface area (Å²) in [4.78, 5) is 27.6. The van der Waals surface area contributed by atoms with Crippen LogP contribution in [0, 0.1) is 28.6 Å². The van der Waals surface area contributed by atoms with Gasteiger partial charge in [0.05, 0.1) is 12.1 Å². The van der Waals surface area contributed by atoms with Crippen LogP contribution in [0.1, 0.15) is 80.1 Å². The van der Waals surface area contributed by atoms with Crippen molar-refractivity contribution in [2.24, 2.45) is 28.6 Å². The molecule has 0 radical (unpaired) electrons. The Balaban J connectivity index is 1.78.